The van der Waals surface area contributed by atoms with Gasteiger partial charge >= 0.3 is 5.97 Å². The molecule has 0 aromatic carbocycles. The standard InChI is InChI=1S/C19H24N2O3S2/c1-3-24-19(23)17-14(15-5-4-10-25-15)12-26-18(17)20-16(22)11-21-8-6-13(2)7-9-21/h4-5,10,12-13H,3,6-9,11H2,1-2H3,(H,20,22)/p+1. The lowest BCUT2D eigenvalue weighted by atomic mass is 9.99. The molecule has 0 radical (unpaired) electrons. The minimum atomic E-state index is -0.383. The number of carbonyl (C=O) groups excluding carboxylic acids is 2. The van der Waals surface area contributed by atoms with Crippen molar-refractivity contribution in [3.05, 3.63) is 28.5 Å². The Morgan fingerprint density at radius 3 is 2.73 bits per heavy atom. The predicted molar refractivity (Wildman–Crippen MR) is 106 cm³/mol. The third-order valence-corrected chi connectivity index (χ3v) is 6.50. The Kier molecular flexibility index (Phi) is 6.45. The molecular formula is C19H25N2O3S2+. The summed E-state index contributed by atoms with van der Waals surface area (Å²) < 4.78 is 5.22. The molecule has 0 atom stereocenters. The smallest absolute Gasteiger partial charge is 0.341 e. The molecule has 2 aromatic heterocycles. The SMILES string of the molecule is CCOC(=O)c1c(-c2cccs2)csc1NC(=O)C[NH+]1CCC(C)CC1. The van der Waals surface area contributed by atoms with Crippen molar-refractivity contribution in [2.45, 2.75) is 26.7 Å². The van der Waals surface area contributed by atoms with Crippen LogP contribution in [0.1, 0.15) is 37.0 Å². The summed E-state index contributed by atoms with van der Waals surface area (Å²) in [7, 11) is 0. The Balaban J connectivity index is 1.74. The van der Waals surface area contributed by atoms with Crippen LogP contribution in [0, 0.1) is 5.92 Å². The largest absolute Gasteiger partial charge is 0.462 e. The van der Waals surface area contributed by atoms with E-state index in [-0.39, 0.29) is 11.9 Å². The second-order valence-corrected chi connectivity index (χ2v) is 8.54. The van der Waals surface area contributed by atoms with Gasteiger partial charge in [0.15, 0.2) is 6.54 Å². The first-order valence-electron chi connectivity index (χ1n) is 9.04. The summed E-state index contributed by atoms with van der Waals surface area (Å²) in [6.07, 6.45) is 2.33. The third kappa shape index (κ3) is 4.52. The number of rotatable bonds is 6. The van der Waals surface area contributed by atoms with E-state index in [0.717, 1.165) is 42.3 Å². The number of nitrogens with one attached hydrogen (secondary N) is 2. The summed E-state index contributed by atoms with van der Waals surface area (Å²) in [5.41, 5.74) is 1.30. The first kappa shape index (κ1) is 19.1. The number of hydrogen-bond donors (Lipinski definition) is 2. The van der Waals surface area contributed by atoms with Crippen molar-refractivity contribution < 1.29 is 19.2 Å². The van der Waals surface area contributed by atoms with Crippen LogP contribution in [0.3, 0.4) is 0 Å². The molecule has 140 valence electrons. The molecular weight excluding hydrogens is 368 g/mol. The van der Waals surface area contributed by atoms with Crippen LogP contribution in [-0.2, 0) is 9.53 Å². The van der Waals surface area contributed by atoms with Gasteiger partial charge in [-0.2, -0.15) is 0 Å². The van der Waals surface area contributed by atoms with Gasteiger partial charge in [-0.3, -0.25) is 4.79 Å². The highest BCUT2D eigenvalue weighted by Crippen LogP contribution is 2.38. The quantitative estimate of drug-likeness (QED) is 0.742. The summed E-state index contributed by atoms with van der Waals surface area (Å²) in [6.45, 7) is 6.87. The first-order valence-corrected chi connectivity index (χ1v) is 10.8. The Morgan fingerprint density at radius 1 is 1.31 bits per heavy atom. The van der Waals surface area contributed by atoms with Crippen LogP contribution >= 0.6 is 22.7 Å². The van der Waals surface area contributed by atoms with Crippen LogP contribution in [0.4, 0.5) is 5.00 Å². The molecule has 3 rings (SSSR count). The van der Waals surface area contributed by atoms with Crippen molar-refractivity contribution in [2.75, 3.05) is 31.6 Å². The summed E-state index contributed by atoms with van der Waals surface area (Å²) in [5, 5.41) is 7.43. The number of hydrogen-bond acceptors (Lipinski definition) is 5. The zero-order valence-electron chi connectivity index (χ0n) is 15.2. The summed E-state index contributed by atoms with van der Waals surface area (Å²) in [6, 6.07) is 3.92. The van der Waals surface area contributed by atoms with Crippen LogP contribution in [0.15, 0.2) is 22.9 Å². The number of esters is 1. The molecule has 0 aliphatic carbocycles. The molecule has 0 unspecified atom stereocenters. The van der Waals surface area contributed by atoms with Crippen LogP contribution in [0.2, 0.25) is 0 Å². The van der Waals surface area contributed by atoms with E-state index in [4.69, 9.17) is 4.74 Å². The number of likely N-dealkylation sites (tertiary alicyclic amines) is 1. The van der Waals surface area contributed by atoms with E-state index in [9.17, 15) is 9.59 Å². The van der Waals surface area contributed by atoms with Crippen molar-refractivity contribution in [1.29, 1.82) is 0 Å². The fourth-order valence-corrected chi connectivity index (χ4v) is 5.00. The molecule has 0 spiro atoms. The number of ether oxygens (including phenoxy) is 1. The minimum absolute atomic E-state index is 0.0420. The number of thiophene rings is 2. The molecule has 26 heavy (non-hydrogen) atoms. The average Bonchev–Trinajstić information content (AvgIpc) is 3.26. The van der Waals surface area contributed by atoms with Gasteiger partial charge in [0.2, 0.25) is 0 Å². The molecule has 1 saturated heterocycles. The van der Waals surface area contributed by atoms with Gasteiger partial charge in [-0.25, -0.2) is 4.79 Å². The van der Waals surface area contributed by atoms with Crippen LogP contribution in [-0.4, -0.2) is 38.1 Å². The molecule has 2 N–H and O–H groups in total. The van der Waals surface area contributed by atoms with Gasteiger partial charge < -0.3 is 15.0 Å². The maximum Gasteiger partial charge on any atom is 0.341 e. The van der Waals surface area contributed by atoms with Crippen molar-refractivity contribution in [1.82, 2.24) is 0 Å². The molecule has 5 nitrogen and oxygen atoms in total. The minimum Gasteiger partial charge on any atom is -0.462 e. The topological polar surface area (TPSA) is 59.8 Å². The average molecular weight is 394 g/mol. The maximum atomic E-state index is 12.5. The second-order valence-electron chi connectivity index (χ2n) is 6.71. The van der Waals surface area contributed by atoms with E-state index < -0.39 is 0 Å². The molecule has 0 bridgehead atoms. The van der Waals surface area contributed by atoms with E-state index in [2.05, 4.69) is 12.2 Å². The van der Waals surface area contributed by atoms with Gasteiger partial charge in [0, 0.05) is 15.8 Å². The Bertz CT molecular complexity index is 747. The van der Waals surface area contributed by atoms with Crippen LogP contribution < -0.4 is 10.2 Å². The van der Waals surface area contributed by atoms with E-state index in [1.807, 2.05) is 22.9 Å². The van der Waals surface area contributed by atoms with E-state index in [1.165, 1.54) is 16.2 Å². The third-order valence-electron chi connectivity index (χ3n) is 4.70. The number of amides is 1. The van der Waals surface area contributed by atoms with Crippen molar-refractivity contribution in [2.24, 2.45) is 5.92 Å². The zero-order chi connectivity index (χ0) is 18.5. The Hall–Kier alpha value is -1.70. The number of piperidine rings is 1. The van der Waals surface area contributed by atoms with Crippen LogP contribution in [0.5, 0.6) is 0 Å². The Morgan fingerprint density at radius 2 is 2.08 bits per heavy atom. The van der Waals surface area contributed by atoms with Crippen molar-refractivity contribution >= 4 is 39.6 Å². The molecule has 3 heterocycles. The monoisotopic (exact) mass is 393 g/mol. The molecule has 1 aliphatic rings. The van der Waals surface area contributed by atoms with Gasteiger partial charge in [-0.15, -0.1) is 22.7 Å². The number of carbonyl (C=O) groups is 2. The molecule has 1 aliphatic heterocycles. The van der Waals surface area contributed by atoms with E-state index in [1.54, 1.807) is 18.3 Å². The van der Waals surface area contributed by atoms with Gasteiger partial charge in [0.25, 0.3) is 5.91 Å². The lowest BCUT2D eigenvalue weighted by Gasteiger charge is -2.26. The van der Waals surface area contributed by atoms with Gasteiger partial charge in [0.05, 0.1) is 19.7 Å². The molecule has 1 fully saturated rings. The van der Waals surface area contributed by atoms with Crippen molar-refractivity contribution in [3.8, 4) is 10.4 Å². The van der Waals surface area contributed by atoms with E-state index in [0.29, 0.717) is 23.7 Å². The fourth-order valence-electron chi connectivity index (χ4n) is 3.21. The summed E-state index contributed by atoms with van der Waals surface area (Å²) in [5.74, 6) is 0.328. The summed E-state index contributed by atoms with van der Waals surface area (Å²) >= 11 is 2.95. The molecule has 0 saturated carbocycles. The van der Waals surface area contributed by atoms with Crippen molar-refractivity contribution in [3.63, 3.8) is 0 Å². The Labute approximate surface area is 162 Å². The molecule has 7 heteroatoms. The highest BCUT2D eigenvalue weighted by atomic mass is 32.1. The van der Waals surface area contributed by atoms with Crippen LogP contribution in [0.25, 0.3) is 10.4 Å². The van der Waals surface area contributed by atoms with Gasteiger partial charge in [-0.1, -0.05) is 13.0 Å². The second kappa shape index (κ2) is 8.79. The zero-order valence-corrected chi connectivity index (χ0v) is 16.8. The predicted octanol–water partition coefficient (Wildman–Crippen LogP) is 2.91. The number of anilines is 1. The fraction of sp³-hybridized carbons (Fsp3) is 0.474. The lowest BCUT2D eigenvalue weighted by molar-refractivity contribution is -0.897. The highest BCUT2D eigenvalue weighted by molar-refractivity contribution is 7.17. The highest BCUT2D eigenvalue weighted by Gasteiger charge is 2.25. The molecule has 1 amide bonds. The first-order chi connectivity index (χ1) is 12.6. The summed E-state index contributed by atoms with van der Waals surface area (Å²) in [4.78, 5) is 27.3. The lowest BCUT2D eigenvalue weighted by Crippen LogP contribution is -3.14. The van der Waals surface area contributed by atoms with Gasteiger partial charge in [0.1, 0.15) is 10.6 Å². The van der Waals surface area contributed by atoms with E-state index >= 15 is 0 Å². The van der Waals surface area contributed by atoms with Gasteiger partial charge in [-0.05, 0) is 37.1 Å². The normalized spacial score (nSPS) is 19.9. The maximum absolute atomic E-state index is 12.5. The molecule has 2 aromatic rings. The number of quaternary nitrogens is 1.